The summed E-state index contributed by atoms with van der Waals surface area (Å²) in [7, 11) is 1.67. The quantitative estimate of drug-likeness (QED) is 0.778. The van der Waals surface area contributed by atoms with Crippen LogP contribution in [0.4, 0.5) is 0 Å². The van der Waals surface area contributed by atoms with E-state index in [1.807, 2.05) is 30.3 Å². The Labute approximate surface area is 126 Å². The van der Waals surface area contributed by atoms with Crippen LogP contribution in [0.2, 0.25) is 0 Å². The highest BCUT2D eigenvalue weighted by atomic mass is 32.1. The molecule has 0 fully saturated rings. The highest BCUT2D eigenvalue weighted by molar-refractivity contribution is 7.80. The maximum atomic E-state index is 5.81. The van der Waals surface area contributed by atoms with Crippen LogP contribution in [0, 0.1) is 0 Å². The minimum absolute atomic E-state index is 0.331. The third-order valence-electron chi connectivity index (χ3n) is 3.24. The molecule has 0 bridgehead atoms. The largest absolute Gasteiger partial charge is 0.497 e. The van der Waals surface area contributed by atoms with Gasteiger partial charge in [0, 0.05) is 5.92 Å². The summed E-state index contributed by atoms with van der Waals surface area (Å²) in [5.74, 6) is 1.98. The molecule has 2 rings (SSSR count). The zero-order chi connectivity index (χ0) is 14.2. The van der Waals surface area contributed by atoms with Gasteiger partial charge < -0.3 is 9.47 Å². The number of thiol groups is 1. The molecular weight excluding hydrogens is 268 g/mol. The second kappa shape index (κ2) is 7.98. The van der Waals surface area contributed by atoms with E-state index in [1.165, 1.54) is 5.56 Å². The molecule has 0 saturated heterocycles. The molecule has 20 heavy (non-hydrogen) atoms. The van der Waals surface area contributed by atoms with E-state index in [4.69, 9.17) is 9.47 Å². The van der Waals surface area contributed by atoms with Crippen LogP contribution in [0.25, 0.3) is 0 Å². The predicted octanol–water partition coefficient (Wildman–Crippen LogP) is 3.93. The molecule has 0 aliphatic rings. The van der Waals surface area contributed by atoms with Crippen LogP contribution in [0.3, 0.4) is 0 Å². The maximum absolute atomic E-state index is 5.81. The van der Waals surface area contributed by atoms with Crippen molar-refractivity contribution in [1.29, 1.82) is 0 Å². The Morgan fingerprint density at radius 3 is 2.30 bits per heavy atom. The monoisotopic (exact) mass is 288 g/mol. The molecule has 0 aliphatic heterocycles. The molecule has 0 saturated carbocycles. The van der Waals surface area contributed by atoms with Crippen molar-refractivity contribution in [3.05, 3.63) is 65.7 Å². The first-order valence-corrected chi connectivity index (χ1v) is 7.33. The van der Waals surface area contributed by atoms with Crippen molar-refractivity contribution in [3.8, 4) is 5.75 Å². The van der Waals surface area contributed by atoms with E-state index in [0.29, 0.717) is 19.1 Å². The van der Waals surface area contributed by atoms with Crippen molar-refractivity contribution < 1.29 is 9.47 Å². The molecule has 1 unspecified atom stereocenters. The highest BCUT2D eigenvalue weighted by Crippen LogP contribution is 2.18. The summed E-state index contributed by atoms with van der Waals surface area (Å²) < 4.78 is 10.9. The Hall–Kier alpha value is -1.45. The molecular formula is C17H20O2S. The van der Waals surface area contributed by atoms with Gasteiger partial charge in [0.15, 0.2) is 0 Å². The minimum atomic E-state index is 0.331. The second-order valence-electron chi connectivity index (χ2n) is 4.65. The molecule has 0 aliphatic carbocycles. The first-order chi connectivity index (χ1) is 9.83. The number of methoxy groups -OCH3 is 1. The van der Waals surface area contributed by atoms with Gasteiger partial charge in [-0.2, -0.15) is 12.6 Å². The average molecular weight is 288 g/mol. The van der Waals surface area contributed by atoms with Crippen LogP contribution < -0.4 is 4.74 Å². The van der Waals surface area contributed by atoms with Crippen molar-refractivity contribution in [3.63, 3.8) is 0 Å². The normalized spacial score (nSPS) is 12.1. The molecule has 0 heterocycles. The van der Waals surface area contributed by atoms with Crippen LogP contribution in [0.1, 0.15) is 17.0 Å². The number of ether oxygens (including phenoxy) is 2. The Morgan fingerprint density at radius 1 is 1.00 bits per heavy atom. The average Bonchev–Trinajstić information content (AvgIpc) is 2.53. The van der Waals surface area contributed by atoms with E-state index in [0.717, 1.165) is 17.1 Å². The molecule has 0 aromatic heterocycles. The fourth-order valence-corrected chi connectivity index (χ4v) is 2.34. The van der Waals surface area contributed by atoms with Crippen LogP contribution in [0.5, 0.6) is 5.75 Å². The zero-order valence-electron chi connectivity index (χ0n) is 11.7. The number of benzene rings is 2. The van der Waals surface area contributed by atoms with Crippen LogP contribution >= 0.6 is 12.6 Å². The van der Waals surface area contributed by atoms with E-state index in [9.17, 15) is 0 Å². The Morgan fingerprint density at radius 2 is 1.70 bits per heavy atom. The molecule has 2 aromatic rings. The first-order valence-electron chi connectivity index (χ1n) is 6.70. The van der Waals surface area contributed by atoms with Gasteiger partial charge >= 0.3 is 0 Å². The predicted molar refractivity (Wildman–Crippen MR) is 85.7 cm³/mol. The summed E-state index contributed by atoms with van der Waals surface area (Å²) in [5, 5.41) is 0. The summed E-state index contributed by atoms with van der Waals surface area (Å²) in [5.41, 5.74) is 2.43. The van der Waals surface area contributed by atoms with Gasteiger partial charge in [-0.25, -0.2) is 0 Å². The Bertz CT molecular complexity index is 496. The highest BCUT2D eigenvalue weighted by Gasteiger charge is 2.09. The van der Waals surface area contributed by atoms with Crippen molar-refractivity contribution in [2.24, 2.45) is 0 Å². The fourth-order valence-electron chi connectivity index (χ4n) is 2.02. The van der Waals surface area contributed by atoms with Crippen molar-refractivity contribution in [2.75, 3.05) is 19.5 Å². The lowest BCUT2D eigenvalue weighted by atomic mass is 10.0. The Kier molecular flexibility index (Phi) is 5.96. The lowest BCUT2D eigenvalue weighted by molar-refractivity contribution is 0.111. The lowest BCUT2D eigenvalue weighted by Gasteiger charge is -2.15. The number of hydrogen-bond donors (Lipinski definition) is 1. The molecule has 3 heteroatoms. The summed E-state index contributed by atoms with van der Waals surface area (Å²) in [4.78, 5) is 0. The first kappa shape index (κ1) is 14.9. The van der Waals surface area contributed by atoms with Gasteiger partial charge in [0.25, 0.3) is 0 Å². The molecule has 0 radical (unpaired) electrons. The lowest BCUT2D eigenvalue weighted by Crippen LogP contribution is -2.09. The fraction of sp³-hybridized carbons (Fsp3) is 0.294. The van der Waals surface area contributed by atoms with Gasteiger partial charge in [0.05, 0.1) is 20.3 Å². The smallest absolute Gasteiger partial charge is 0.118 e. The number of rotatable bonds is 7. The van der Waals surface area contributed by atoms with Gasteiger partial charge in [-0.1, -0.05) is 42.5 Å². The topological polar surface area (TPSA) is 18.5 Å². The minimum Gasteiger partial charge on any atom is -0.497 e. The third-order valence-corrected chi connectivity index (χ3v) is 3.68. The molecule has 2 aromatic carbocycles. The molecule has 1 atom stereocenters. The van der Waals surface area contributed by atoms with Crippen molar-refractivity contribution >= 4 is 12.6 Å². The number of hydrogen-bond acceptors (Lipinski definition) is 3. The van der Waals surface area contributed by atoms with Gasteiger partial charge in [-0.15, -0.1) is 0 Å². The van der Waals surface area contributed by atoms with E-state index in [-0.39, 0.29) is 0 Å². The van der Waals surface area contributed by atoms with E-state index in [2.05, 4.69) is 36.9 Å². The Balaban J connectivity index is 1.84. The van der Waals surface area contributed by atoms with E-state index in [1.54, 1.807) is 7.11 Å². The van der Waals surface area contributed by atoms with Crippen molar-refractivity contribution in [1.82, 2.24) is 0 Å². The van der Waals surface area contributed by atoms with Crippen molar-refractivity contribution in [2.45, 2.75) is 12.5 Å². The summed E-state index contributed by atoms with van der Waals surface area (Å²) in [6, 6.07) is 18.3. The maximum Gasteiger partial charge on any atom is 0.118 e. The zero-order valence-corrected chi connectivity index (χ0v) is 12.6. The molecule has 0 spiro atoms. The van der Waals surface area contributed by atoms with Gasteiger partial charge in [-0.3, -0.25) is 0 Å². The molecule has 106 valence electrons. The van der Waals surface area contributed by atoms with E-state index < -0.39 is 0 Å². The standard InChI is InChI=1S/C17H20O2S/c1-18-17-9-7-14(8-10-17)11-19-12-16(13-20)15-5-3-2-4-6-15/h2-10,16,20H,11-13H2,1H3. The summed E-state index contributed by atoms with van der Waals surface area (Å²) >= 11 is 4.42. The molecule has 2 nitrogen and oxygen atoms in total. The van der Waals surface area contributed by atoms with Crippen LogP contribution in [-0.4, -0.2) is 19.5 Å². The van der Waals surface area contributed by atoms with Gasteiger partial charge in [0.2, 0.25) is 0 Å². The molecule has 0 amide bonds. The summed E-state index contributed by atoms with van der Waals surface area (Å²) in [6.45, 7) is 1.29. The SMILES string of the molecule is COc1ccc(COCC(CS)c2ccccc2)cc1. The third kappa shape index (κ3) is 4.29. The van der Waals surface area contributed by atoms with Crippen LogP contribution in [-0.2, 0) is 11.3 Å². The second-order valence-corrected chi connectivity index (χ2v) is 5.02. The summed E-state index contributed by atoms with van der Waals surface area (Å²) in [6.07, 6.45) is 0. The van der Waals surface area contributed by atoms with Gasteiger partial charge in [0.1, 0.15) is 5.75 Å². The van der Waals surface area contributed by atoms with Crippen LogP contribution in [0.15, 0.2) is 54.6 Å². The van der Waals surface area contributed by atoms with E-state index >= 15 is 0 Å². The van der Waals surface area contributed by atoms with Gasteiger partial charge in [-0.05, 0) is 29.0 Å². The molecule has 0 N–H and O–H groups in total.